The highest BCUT2D eigenvalue weighted by Crippen LogP contribution is 2.30. The molecular weight excluding hydrogens is 184 g/mol. The first-order valence-electron chi connectivity index (χ1n) is 5.21. The molecular formula is C13H16N2. The zero-order valence-electron chi connectivity index (χ0n) is 9.70. The Balaban J connectivity index is 2.86. The molecule has 2 aromatic heterocycles. The monoisotopic (exact) mass is 200 g/mol. The van der Waals surface area contributed by atoms with Crippen LogP contribution >= 0.6 is 0 Å². The van der Waals surface area contributed by atoms with Crippen molar-refractivity contribution in [2.75, 3.05) is 0 Å². The van der Waals surface area contributed by atoms with Crippen LogP contribution in [-0.4, -0.2) is 9.97 Å². The maximum atomic E-state index is 4.41. The van der Waals surface area contributed by atoms with Crippen LogP contribution < -0.4 is 0 Å². The van der Waals surface area contributed by atoms with E-state index >= 15 is 0 Å². The topological polar surface area (TPSA) is 25.8 Å². The highest BCUT2D eigenvalue weighted by atomic mass is 14.7. The molecule has 15 heavy (non-hydrogen) atoms. The maximum Gasteiger partial charge on any atom is 0.0888 e. The Morgan fingerprint density at radius 1 is 1.13 bits per heavy atom. The minimum atomic E-state index is 0.111. The molecule has 0 aliphatic rings. The van der Waals surface area contributed by atoms with Crippen LogP contribution in [-0.2, 0) is 5.41 Å². The van der Waals surface area contributed by atoms with Gasteiger partial charge in [-0.2, -0.15) is 0 Å². The van der Waals surface area contributed by atoms with Gasteiger partial charge < -0.3 is 0 Å². The number of hydrogen-bond acceptors (Lipinski definition) is 2. The second-order valence-corrected chi connectivity index (χ2v) is 4.90. The summed E-state index contributed by atoms with van der Waals surface area (Å²) in [6.45, 7) is 8.70. The number of hydrogen-bond donors (Lipinski definition) is 0. The first-order valence-corrected chi connectivity index (χ1v) is 5.21. The molecule has 0 unspecified atom stereocenters. The van der Waals surface area contributed by atoms with Gasteiger partial charge in [-0.1, -0.05) is 26.8 Å². The van der Waals surface area contributed by atoms with Gasteiger partial charge in [0, 0.05) is 17.3 Å². The van der Waals surface area contributed by atoms with E-state index in [2.05, 4.69) is 43.7 Å². The fourth-order valence-electron chi connectivity index (χ4n) is 2.10. The Morgan fingerprint density at radius 3 is 2.53 bits per heavy atom. The summed E-state index contributed by atoms with van der Waals surface area (Å²) in [5.74, 6) is 0. The number of fused-ring (bicyclic) bond motifs is 1. The van der Waals surface area contributed by atoms with Gasteiger partial charge in [0.15, 0.2) is 0 Å². The predicted molar refractivity (Wildman–Crippen MR) is 63.0 cm³/mol. The maximum absolute atomic E-state index is 4.41. The fraction of sp³-hybridized carbons (Fsp3) is 0.385. The van der Waals surface area contributed by atoms with Crippen LogP contribution in [0.2, 0.25) is 0 Å². The molecule has 2 rings (SSSR count). The van der Waals surface area contributed by atoms with Gasteiger partial charge in [0.25, 0.3) is 0 Å². The van der Waals surface area contributed by atoms with Crippen LogP contribution in [0.1, 0.15) is 32.0 Å². The van der Waals surface area contributed by atoms with Gasteiger partial charge in [0.2, 0.25) is 0 Å². The molecule has 2 nitrogen and oxygen atoms in total. The van der Waals surface area contributed by atoms with Crippen molar-refractivity contribution in [2.24, 2.45) is 0 Å². The van der Waals surface area contributed by atoms with Crippen LogP contribution in [0.4, 0.5) is 0 Å². The van der Waals surface area contributed by atoms with E-state index in [1.165, 1.54) is 10.9 Å². The van der Waals surface area contributed by atoms with Crippen LogP contribution in [0, 0.1) is 6.92 Å². The molecule has 0 aliphatic carbocycles. The Labute approximate surface area is 90.4 Å². The molecule has 0 radical (unpaired) electrons. The van der Waals surface area contributed by atoms with Gasteiger partial charge in [-0.3, -0.25) is 9.97 Å². The van der Waals surface area contributed by atoms with Crippen molar-refractivity contribution in [3.8, 4) is 0 Å². The summed E-state index contributed by atoms with van der Waals surface area (Å²) in [4.78, 5) is 8.75. The van der Waals surface area contributed by atoms with Crippen molar-refractivity contribution in [1.29, 1.82) is 0 Å². The highest BCUT2D eigenvalue weighted by Gasteiger charge is 2.20. The Hall–Kier alpha value is -1.44. The average Bonchev–Trinajstić information content (AvgIpc) is 2.15. The Morgan fingerprint density at radius 2 is 1.87 bits per heavy atom. The van der Waals surface area contributed by atoms with Crippen LogP contribution in [0.3, 0.4) is 0 Å². The van der Waals surface area contributed by atoms with E-state index in [1.54, 1.807) is 0 Å². The van der Waals surface area contributed by atoms with Crippen LogP contribution in [0.25, 0.3) is 10.9 Å². The van der Waals surface area contributed by atoms with Crippen molar-refractivity contribution in [3.63, 3.8) is 0 Å². The second-order valence-electron chi connectivity index (χ2n) is 4.90. The molecule has 0 atom stereocenters. The van der Waals surface area contributed by atoms with E-state index < -0.39 is 0 Å². The largest absolute Gasteiger partial charge is 0.259 e. The quantitative estimate of drug-likeness (QED) is 0.652. The lowest BCUT2D eigenvalue weighted by Gasteiger charge is -2.22. The number of aromatic nitrogens is 2. The summed E-state index contributed by atoms with van der Waals surface area (Å²) in [5, 5.41) is 1.22. The lowest BCUT2D eigenvalue weighted by atomic mass is 9.83. The van der Waals surface area contributed by atoms with E-state index in [0.29, 0.717) is 0 Å². The molecule has 78 valence electrons. The molecule has 0 saturated heterocycles. The third-order valence-electron chi connectivity index (χ3n) is 2.60. The molecule has 0 aliphatic heterocycles. The average molecular weight is 200 g/mol. The Kier molecular flexibility index (Phi) is 2.22. The molecule has 0 fully saturated rings. The molecule has 2 aromatic rings. The Bertz CT molecular complexity index is 495. The number of rotatable bonds is 0. The van der Waals surface area contributed by atoms with E-state index in [-0.39, 0.29) is 5.41 Å². The van der Waals surface area contributed by atoms with Crippen molar-refractivity contribution in [2.45, 2.75) is 33.1 Å². The number of pyridine rings is 2. The standard InChI is InChI=1S/C13H16N2/c1-9-12(13(2,3)4)10-6-5-7-14-11(10)8-15-9/h5-8H,1-4H3. The summed E-state index contributed by atoms with van der Waals surface area (Å²) >= 11 is 0. The number of nitrogens with zero attached hydrogens (tertiary/aromatic N) is 2. The summed E-state index contributed by atoms with van der Waals surface area (Å²) in [6.07, 6.45) is 3.66. The minimum absolute atomic E-state index is 0.111. The fourth-order valence-corrected chi connectivity index (χ4v) is 2.10. The molecule has 0 amide bonds. The van der Waals surface area contributed by atoms with Gasteiger partial charge in [0.1, 0.15) is 0 Å². The highest BCUT2D eigenvalue weighted by molar-refractivity contribution is 5.82. The van der Waals surface area contributed by atoms with Crippen LogP contribution in [0.5, 0.6) is 0 Å². The van der Waals surface area contributed by atoms with Gasteiger partial charge in [-0.15, -0.1) is 0 Å². The van der Waals surface area contributed by atoms with Gasteiger partial charge in [-0.25, -0.2) is 0 Å². The van der Waals surface area contributed by atoms with E-state index in [1.807, 2.05) is 18.5 Å². The summed E-state index contributed by atoms with van der Waals surface area (Å²) < 4.78 is 0. The summed E-state index contributed by atoms with van der Waals surface area (Å²) in [7, 11) is 0. The third kappa shape index (κ3) is 1.72. The molecule has 0 spiro atoms. The molecule has 2 heteroatoms. The second kappa shape index (κ2) is 3.30. The van der Waals surface area contributed by atoms with Gasteiger partial charge in [-0.05, 0) is 24.0 Å². The zero-order chi connectivity index (χ0) is 11.1. The van der Waals surface area contributed by atoms with E-state index in [0.717, 1.165) is 11.2 Å². The van der Waals surface area contributed by atoms with Crippen molar-refractivity contribution in [3.05, 3.63) is 35.8 Å². The summed E-state index contributed by atoms with van der Waals surface area (Å²) in [6, 6.07) is 4.11. The molecule has 0 saturated carbocycles. The van der Waals surface area contributed by atoms with Crippen molar-refractivity contribution >= 4 is 10.9 Å². The first kappa shape index (κ1) is 10.1. The third-order valence-corrected chi connectivity index (χ3v) is 2.60. The molecule has 0 aromatic carbocycles. The summed E-state index contributed by atoms with van der Waals surface area (Å²) in [5.41, 5.74) is 3.49. The van der Waals surface area contributed by atoms with E-state index in [9.17, 15) is 0 Å². The van der Waals surface area contributed by atoms with Crippen LogP contribution in [0.15, 0.2) is 24.5 Å². The normalized spacial score (nSPS) is 12.0. The lowest BCUT2D eigenvalue weighted by molar-refractivity contribution is 0.588. The first-order chi connectivity index (χ1) is 7.00. The zero-order valence-corrected chi connectivity index (χ0v) is 9.70. The lowest BCUT2D eigenvalue weighted by Crippen LogP contribution is -2.14. The van der Waals surface area contributed by atoms with Gasteiger partial charge >= 0.3 is 0 Å². The molecule has 0 bridgehead atoms. The van der Waals surface area contributed by atoms with Crippen molar-refractivity contribution in [1.82, 2.24) is 9.97 Å². The number of aryl methyl sites for hydroxylation is 1. The minimum Gasteiger partial charge on any atom is -0.259 e. The predicted octanol–water partition coefficient (Wildman–Crippen LogP) is 3.24. The van der Waals surface area contributed by atoms with Crippen molar-refractivity contribution < 1.29 is 0 Å². The SMILES string of the molecule is Cc1ncc2ncccc2c1C(C)(C)C. The van der Waals surface area contributed by atoms with E-state index in [4.69, 9.17) is 0 Å². The molecule has 2 heterocycles. The van der Waals surface area contributed by atoms with Gasteiger partial charge in [0.05, 0.1) is 11.7 Å². The smallest absolute Gasteiger partial charge is 0.0888 e. The molecule has 0 N–H and O–H groups in total.